The molecule has 94 valence electrons. The summed E-state index contributed by atoms with van der Waals surface area (Å²) in [7, 11) is 0. The normalized spacial score (nSPS) is 21.4. The van der Waals surface area contributed by atoms with Gasteiger partial charge in [0.25, 0.3) is 0 Å². The van der Waals surface area contributed by atoms with Gasteiger partial charge in [0.2, 0.25) is 0 Å². The van der Waals surface area contributed by atoms with Crippen molar-refractivity contribution in [1.82, 2.24) is 4.90 Å². The topological polar surface area (TPSA) is 41.3 Å². The van der Waals surface area contributed by atoms with E-state index in [9.17, 15) is 0 Å². The van der Waals surface area contributed by atoms with Gasteiger partial charge in [-0.15, -0.1) is 0 Å². The Morgan fingerprint density at radius 3 is 3.00 bits per heavy atom. The summed E-state index contributed by atoms with van der Waals surface area (Å²) in [6.45, 7) is 7.80. The van der Waals surface area contributed by atoms with Crippen LogP contribution in [0.3, 0.4) is 0 Å². The van der Waals surface area contributed by atoms with E-state index in [0.29, 0.717) is 6.04 Å². The first-order valence-electron chi connectivity index (χ1n) is 6.54. The lowest BCUT2D eigenvalue weighted by Gasteiger charge is -2.32. The fraction of sp³-hybridized carbons (Fsp3) is 0.571. The van der Waals surface area contributed by atoms with E-state index in [4.69, 9.17) is 5.73 Å². The molecule has 2 rings (SSSR count). The lowest BCUT2D eigenvalue weighted by atomic mass is 10.1. The number of hydrogen-bond acceptors (Lipinski definition) is 3. The second-order valence-electron chi connectivity index (χ2n) is 4.95. The van der Waals surface area contributed by atoms with Crippen molar-refractivity contribution in [2.24, 2.45) is 0 Å². The summed E-state index contributed by atoms with van der Waals surface area (Å²) < 4.78 is 0. The fourth-order valence-electron chi connectivity index (χ4n) is 2.43. The molecule has 1 unspecified atom stereocenters. The number of nitrogens with zero attached hydrogens (tertiary/aromatic N) is 1. The Bertz CT molecular complexity index is 376. The van der Waals surface area contributed by atoms with Gasteiger partial charge in [0, 0.05) is 24.0 Å². The number of nitrogens with two attached hydrogens (primary N) is 1. The minimum Gasteiger partial charge on any atom is -0.398 e. The van der Waals surface area contributed by atoms with Gasteiger partial charge in [0.1, 0.15) is 0 Å². The molecule has 1 aliphatic rings. The number of hydrogen-bond donors (Lipinski definition) is 2. The maximum atomic E-state index is 5.93. The molecule has 1 saturated heterocycles. The Hall–Kier alpha value is -1.22. The zero-order valence-corrected chi connectivity index (χ0v) is 10.9. The van der Waals surface area contributed by atoms with E-state index in [1.807, 2.05) is 13.0 Å². The molecule has 3 heteroatoms. The average Bonchev–Trinajstić information content (AvgIpc) is 2.34. The molecule has 0 amide bonds. The van der Waals surface area contributed by atoms with Gasteiger partial charge in [-0.25, -0.2) is 0 Å². The summed E-state index contributed by atoms with van der Waals surface area (Å²) in [4.78, 5) is 2.50. The number of benzene rings is 1. The van der Waals surface area contributed by atoms with Crippen LogP contribution in [-0.4, -0.2) is 30.6 Å². The van der Waals surface area contributed by atoms with Gasteiger partial charge >= 0.3 is 0 Å². The molecule has 0 aliphatic carbocycles. The lowest BCUT2D eigenvalue weighted by Crippen LogP contribution is -2.41. The van der Waals surface area contributed by atoms with Crippen LogP contribution in [0.4, 0.5) is 11.4 Å². The minimum atomic E-state index is 0.561. The zero-order chi connectivity index (χ0) is 12.3. The molecule has 1 heterocycles. The highest BCUT2D eigenvalue weighted by Gasteiger charge is 2.18. The number of likely N-dealkylation sites (N-methyl/N-ethyl adjacent to an activating group) is 1. The molecule has 17 heavy (non-hydrogen) atoms. The van der Waals surface area contributed by atoms with Gasteiger partial charge < -0.3 is 16.0 Å². The molecule has 0 spiro atoms. The molecule has 0 bridgehead atoms. The molecular formula is C14H23N3. The number of piperidine rings is 1. The van der Waals surface area contributed by atoms with E-state index in [1.165, 1.54) is 19.4 Å². The average molecular weight is 233 g/mol. The van der Waals surface area contributed by atoms with Crippen LogP contribution in [0.2, 0.25) is 0 Å². The van der Waals surface area contributed by atoms with Crippen molar-refractivity contribution < 1.29 is 0 Å². The van der Waals surface area contributed by atoms with Gasteiger partial charge in [0.15, 0.2) is 0 Å². The molecule has 0 saturated carbocycles. The summed E-state index contributed by atoms with van der Waals surface area (Å²) in [6, 6.07) is 6.81. The van der Waals surface area contributed by atoms with Crippen molar-refractivity contribution in [1.29, 1.82) is 0 Å². The first kappa shape index (κ1) is 12.2. The van der Waals surface area contributed by atoms with Crippen LogP contribution < -0.4 is 11.1 Å². The number of aryl methyl sites for hydroxylation is 1. The van der Waals surface area contributed by atoms with E-state index in [-0.39, 0.29) is 0 Å². The van der Waals surface area contributed by atoms with Gasteiger partial charge in [-0.2, -0.15) is 0 Å². The SMILES string of the molecule is CCN1CCCC(Nc2ccc(C)c(N)c2)C1. The minimum absolute atomic E-state index is 0.561. The molecule has 1 aromatic rings. The smallest absolute Gasteiger partial charge is 0.0388 e. The van der Waals surface area contributed by atoms with Crippen molar-refractivity contribution in [2.45, 2.75) is 32.7 Å². The van der Waals surface area contributed by atoms with Crippen LogP contribution in [0.25, 0.3) is 0 Å². The predicted octanol–water partition coefficient (Wildman–Crippen LogP) is 2.47. The summed E-state index contributed by atoms with van der Waals surface area (Å²) in [6.07, 6.45) is 2.54. The van der Waals surface area contributed by atoms with E-state index in [2.05, 4.69) is 29.3 Å². The highest BCUT2D eigenvalue weighted by atomic mass is 15.2. The fourth-order valence-corrected chi connectivity index (χ4v) is 2.43. The summed E-state index contributed by atoms with van der Waals surface area (Å²) in [5.41, 5.74) is 9.10. The summed E-state index contributed by atoms with van der Waals surface area (Å²) >= 11 is 0. The zero-order valence-electron chi connectivity index (χ0n) is 10.9. The quantitative estimate of drug-likeness (QED) is 0.788. The molecule has 3 nitrogen and oxygen atoms in total. The third-order valence-corrected chi connectivity index (χ3v) is 3.60. The predicted molar refractivity (Wildman–Crippen MR) is 74.4 cm³/mol. The molecule has 1 aromatic carbocycles. The summed E-state index contributed by atoms with van der Waals surface area (Å²) in [5.74, 6) is 0. The second kappa shape index (κ2) is 5.41. The number of rotatable bonds is 3. The maximum Gasteiger partial charge on any atom is 0.0388 e. The summed E-state index contributed by atoms with van der Waals surface area (Å²) in [5, 5.41) is 3.59. The van der Waals surface area contributed by atoms with Crippen LogP contribution in [-0.2, 0) is 0 Å². The second-order valence-corrected chi connectivity index (χ2v) is 4.95. The first-order chi connectivity index (χ1) is 8.19. The Morgan fingerprint density at radius 1 is 1.47 bits per heavy atom. The number of anilines is 2. The lowest BCUT2D eigenvalue weighted by molar-refractivity contribution is 0.227. The van der Waals surface area contributed by atoms with E-state index < -0.39 is 0 Å². The molecular weight excluding hydrogens is 210 g/mol. The van der Waals surface area contributed by atoms with Crippen molar-refractivity contribution in [2.75, 3.05) is 30.7 Å². The van der Waals surface area contributed by atoms with Gasteiger partial charge in [-0.05, 0) is 50.6 Å². The molecule has 1 aliphatic heterocycles. The Balaban J connectivity index is 1.97. The van der Waals surface area contributed by atoms with Gasteiger partial charge in [0.05, 0.1) is 0 Å². The maximum absolute atomic E-state index is 5.93. The number of likely N-dealkylation sites (tertiary alicyclic amines) is 1. The van der Waals surface area contributed by atoms with Crippen molar-refractivity contribution >= 4 is 11.4 Å². The highest BCUT2D eigenvalue weighted by Crippen LogP contribution is 2.20. The van der Waals surface area contributed by atoms with Crippen LogP contribution in [0.1, 0.15) is 25.3 Å². The van der Waals surface area contributed by atoms with Crippen LogP contribution in [0.5, 0.6) is 0 Å². The van der Waals surface area contributed by atoms with Crippen LogP contribution >= 0.6 is 0 Å². The van der Waals surface area contributed by atoms with E-state index in [0.717, 1.165) is 30.0 Å². The molecule has 0 aromatic heterocycles. The van der Waals surface area contributed by atoms with Crippen molar-refractivity contribution in [3.8, 4) is 0 Å². The third-order valence-electron chi connectivity index (χ3n) is 3.60. The molecule has 1 fully saturated rings. The van der Waals surface area contributed by atoms with Gasteiger partial charge in [-0.1, -0.05) is 13.0 Å². The largest absolute Gasteiger partial charge is 0.398 e. The Kier molecular flexibility index (Phi) is 3.89. The Morgan fingerprint density at radius 2 is 2.29 bits per heavy atom. The van der Waals surface area contributed by atoms with E-state index in [1.54, 1.807) is 0 Å². The standard InChI is InChI=1S/C14H23N3/c1-3-17-8-4-5-13(10-17)16-12-7-6-11(2)14(15)9-12/h6-7,9,13,16H,3-5,8,10,15H2,1-2H3. The monoisotopic (exact) mass is 233 g/mol. The van der Waals surface area contributed by atoms with Gasteiger partial charge in [-0.3, -0.25) is 0 Å². The first-order valence-corrected chi connectivity index (χ1v) is 6.54. The molecule has 3 N–H and O–H groups in total. The third kappa shape index (κ3) is 3.13. The molecule has 0 radical (unpaired) electrons. The van der Waals surface area contributed by atoms with Crippen molar-refractivity contribution in [3.63, 3.8) is 0 Å². The number of nitrogens with one attached hydrogen (secondary N) is 1. The van der Waals surface area contributed by atoms with Crippen LogP contribution in [0, 0.1) is 6.92 Å². The molecule has 1 atom stereocenters. The van der Waals surface area contributed by atoms with E-state index >= 15 is 0 Å². The Labute approximate surface area is 104 Å². The highest BCUT2D eigenvalue weighted by molar-refractivity contribution is 5.58. The van der Waals surface area contributed by atoms with Crippen LogP contribution in [0.15, 0.2) is 18.2 Å². The van der Waals surface area contributed by atoms with Crippen molar-refractivity contribution in [3.05, 3.63) is 23.8 Å². The number of nitrogen functional groups attached to an aromatic ring is 1.